The Morgan fingerprint density at radius 2 is 1.72 bits per heavy atom. The number of nitrogens with zero attached hydrogens (tertiary/aromatic N) is 1. The molecule has 1 aliphatic heterocycles. The van der Waals surface area contributed by atoms with Gasteiger partial charge in [0.1, 0.15) is 0 Å². The third-order valence-corrected chi connectivity index (χ3v) is 6.38. The van der Waals surface area contributed by atoms with Crippen molar-refractivity contribution in [2.75, 3.05) is 4.90 Å². The molecule has 3 nitrogen and oxygen atoms in total. The van der Waals surface area contributed by atoms with Crippen LogP contribution in [0.3, 0.4) is 0 Å². The first-order valence-electron chi connectivity index (χ1n) is 10.2. The highest BCUT2D eigenvalue weighted by molar-refractivity contribution is 6.31. The predicted octanol–water partition coefficient (Wildman–Crippen LogP) is 6.07. The van der Waals surface area contributed by atoms with Crippen molar-refractivity contribution >= 4 is 29.0 Å². The standard InChI is InChI=1S/C25H26ClNO2/c1-4-16-9-5-8-12-20(16)27-21-14-25(2,3)15-22(28)24(21)18(13-23(27)29)17-10-6-7-11-19(17)26/h5-12,18H,4,13-15H2,1-3H3. The zero-order valence-electron chi connectivity index (χ0n) is 17.2. The fraction of sp³-hybridized carbons (Fsp3) is 0.360. The maximum Gasteiger partial charge on any atom is 0.232 e. The van der Waals surface area contributed by atoms with E-state index in [0.29, 0.717) is 17.9 Å². The molecule has 1 amide bonds. The van der Waals surface area contributed by atoms with E-state index < -0.39 is 0 Å². The van der Waals surface area contributed by atoms with Crippen LogP contribution in [0.1, 0.15) is 57.1 Å². The molecule has 2 aromatic rings. The van der Waals surface area contributed by atoms with Gasteiger partial charge in [0.25, 0.3) is 0 Å². The second-order valence-corrected chi connectivity index (χ2v) is 9.20. The van der Waals surface area contributed by atoms with Crippen LogP contribution in [0.5, 0.6) is 0 Å². The molecule has 0 fully saturated rings. The van der Waals surface area contributed by atoms with Gasteiger partial charge in [-0.25, -0.2) is 0 Å². The molecule has 2 aromatic carbocycles. The number of benzene rings is 2. The van der Waals surface area contributed by atoms with E-state index in [9.17, 15) is 9.59 Å². The molecule has 0 saturated carbocycles. The smallest absolute Gasteiger partial charge is 0.232 e. The number of allylic oxidation sites excluding steroid dienone is 2. The van der Waals surface area contributed by atoms with Gasteiger partial charge in [0, 0.05) is 35.1 Å². The van der Waals surface area contributed by atoms with Crippen LogP contribution in [-0.2, 0) is 16.0 Å². The number of hydrogen-bond acceptors (Lipinski definition) is 2. The summed E-state index contributed by atoms with van der Waals surface area (Å²) >= 11 is 6.48. The number of aryl methyl sites for hydroxylation is 1. The van der Waals surface area contributed by atoms with E-state index in [0.717, 1.165) is 34.5 Å². The van der Waals surface area contributed by atoms with Gasteiger partial charge in [-0.2, -0.15) is 0 Å². The Bertz CT molecular complexity index is 1020. The summed E-state index contributed by atoms with van der Waals surface area (Å²) in [4.78, 5) is 28.6. The minimum atomic E-state index is -0.278. The lowest BCUT2D eigenvalue weighted by molar-refractivity contribution is -0.121. The summed E-state index contributed by atoms with van der Waals surface area (Å²) in [7, 11) is 0. The quantitative estimate of drug-likeness (QED) is 0.619. The second kappa shape index (κ2) is 7.46. The number of para-hydroxylation sites is 1. The summed E-state index contributed by atoms with van der Waals surface area (Å²) in [6.07, 6.45) is 2.27. The minimum absolute atomic E-state index is 0.0278. The summed E-state index contributed by atoms with van der Waals surface area (Å²) in [5, 5.41) is 0.609. The lowest BCUT2D eigenvalue weighted by Crippen LogP contribution is -2.44. The van der Waals surface area contributed by atoms with Crippen LogP contribution in [0.2, 0.25) is 5.02 Å². The van der Waals surface area contributed by atoms with E-state index in [1.807, 2.05) is 47.4 Å². The molecule has 29 heavy (non-hydrogen) atoms. The number of carbonyl (C=O) groups excluding carboxylic acids is 2. The summed E-state index contributed by atoms with van der Waals surface area (Å²) in [5.41, 5.74) is 4.32. The lowest BCUT2D eigenvalue weighted by atomic mass is 9.69. The van der Waals surface area contributed by atoms with E-state index in [1.54, 1.807) is 0 Å². The Balaban J connectivity index is 1.94. The molecule has 1 unspecified atom stereocenters. The van der Waals surface area contributed by atoms with Crippen molar-refractivity contribution in [3.05, 3.63) is 76.0 Å². The fourth-order valence-electron chi connectivity index (χ4n) is 4.75. The van der Waals surface area contributed by atoms with E-state index in [1.165, 1.54) is 0 Å². The Labute approximate surface area is 177 Å². The first kappa shape index (κ1) is 19.9. The molecule has 1 atom stereocenters. The molecule has 4 rings (SSSR count). The predicted molar refractivity (Wildman–Crippen MR) is 117 cm³/mol. The van der Waals surface area contributed by atoms with Gasteiger partial charge in [0.15, 0.2) is 5.78 Å². The van der Waals surface area contributed by atoms with E-state index in [-0.39, 0.29) is 29.4 Å². The number of amides is 1. The van der Waals surface area contributed by atoms with Crippen LogP contribution in [0, 0.1) is 5.41 Å². The van der Waals surface area contributed by atoms with Crippen LogP contribution in [-0.4, -0.2) is 11.7 Å². The van der Waals surface area contributed by atoms with Crippen molar-refractivity contribution in [2.24, 2.45) is 5.41 Å². The number of rotatable bonds is 3. The van der Waals surface area contributed by atoms with Crippen molar-refractivity contribution in [1.29, 1.82) is 0 Å². The Kier molecular flexibility index (Phi) is 5.12. The zero-order chi connectivity index (χ0) is 20.8. The van der Waals surface area contributed by atoms with Crippen molar-refractivity contribution in [2.45, 2.75) is 52.4 Å². The molecule has 0 N–H and O–H groups in total. The second-order valence-electron chi connectivity index (χ2n) is 8.79. The first-order chi connectivity index (χ1) is 13.8. The molecule has 1 aliphatic carbocycles. The Hall–Kier alpha value is -2.39. The summed E-state index contributed by atoms with van der Waals surface area (Å²) in [5.74, 6) is -0.118. The van der Waals surface area contributed by atoms with Gasteiger partial charge in [-0.1, -0.05) is 68.8 Å². The van der Waals surface area contributed by atoms with Crippen LogP contribution < -0.4 is 4.90 Å². The third-order valence-electron chi connectivity index (χ3n) is 6.04. The van der Waals surface area contributed by atoms with Crippen LogP contribution in [0.15, 0.2) is 59.8 Å². The van der Waals surface area contributed by atoms with Gasteiger partial charge in [0.2, 0.25) is 5.91 Å². The highest BCUT2D eigenvalue weighted by Crippen LogP contribution is 2.49. The van der Waals surface area contributed by atoms with Gasteiger partial charge in [0.05, 0.1) is 5.69 Å². The van der Waals surface area contributed by atoms with Gasteiger partial charge in [-0.15, -0.1) is 0 Å². The van der Waals surface area contributed by atoms with Gasteiger partial charge >= 0.3 is 0 Å². The fourth-order valence-corrected chi connectivity index (χ4v) is 5.01. The van der Waals surface area contributed by atoms with Gasteiger partial charge in [-0.05, 0) is 41.5 Å². The summed E-state index contributed by atoms with van der Waals surface area (Å²) < 4.78 is 0. The van der Waals surface area contributed by atoms with Crippen molar-refractivity contribution in [1.82, 2.24) is 0 Å². The molecule has 0 saturated heterocycles. The summed E-state index contributed by atoms with van der Waals surface area (Å²) in [6.45, 7) is 6.29. The molecule has 150 valence electrons. The van der Waals surface area contributed by atoms with Crippen molar-refractivity contribution in [3.63, 3.8) is 0 Å². The third kappa shape index (κ3) is 3.53. The molecular weight excluding hydrogens is 382 g/mol. The number of anilines is 1. The Morgan fingerprint density at radius 1 is 1.03 bits per heavy atom. The number of carbonyl (C=O) groups is 2. The van der Waals surface area contributed by atoms with Crippen molar-refractivity contribution in [3.8, 4) is 0 Å². The summed E-state index contributed by atoms with van der Waals surface area (Å²) in [6, 6.07) is 15.6. The van der Waals surface area contributed by atoms with Gasteiger partial charge in [-0.3, -0.25) is 14.5 Å². The molecule has 0 radical (unpaired) electrons. The zero-order valence-corrected chi connectivity index (χ0v) is 17.9. The average molecular weight is 408 g/mol. The molecule has 2 aliphatic rings. The SMILES string of the molecule is CCc1ccccc1N1C(=O)CC(c2ccccc2Cl)C2=C1CC(C)(C)CC2=O. The van der Waals surface area contributed by atoms with Crippen molar-refractivity contribution < 1.29 is 9.59 Å². The molecule has 4 heteroatoms. The van der Waals surface area contributed by atoms with Crippen LogP contribution in [0.25, 0.3) is 0 Å². The molecular formula is C25H26ClNO2. The number of halogens is 1. The van der Waals surface area contributed by atoms with E-state index in [2.05, 4.69) is 26.8 Å². The topological polar surface area (TPSA) is 37.4 Å². The van der Waals surface area contributed by atoms with E-state index >= 15 is 0 Å². The largest absolute Gasteiger partial charge is 0.294 e. The number of ketones is 1. The number of Topliss-reactive ketones (excluding diaryl/α,β-unsaturated/α-hetero) is 1. The average Bonchev–Trinajstić information content (AvgIpc) is 2.67. The normalized spacial score (nSPS) is 21.4. The molecule has 0 bridgehead atoms. The lowest BCUT2D eigenvalue weighted by Gasteiger charge is -2.43. The maximum absolute atomic E-state index is 13.5. The molecule has 0 spiro atoms. The van der Waals surface area contributed by atoms with Crippen LogP contribution >= 0.6 is 11.6 Å². The highest BCUT2D eigenvalue weighted by atomic mass is 35.5. The molecule has 0 aromatic heterocycles. The monoisotopic (exact) mass is 407 g/mol. The van der Waals surface area contributed by atoms with Gasteiger partial charge < -0.3 is 0 Å². The van der Waals surface area contributed by atoms with Crippen LogP contribution in [0.4, 0.5) is 5.69 Å². The van der Waals surface area contributed by atoms with E-state index in [4.69, 9.17) is 11.6 Å². The Morgan fingerprint density at radius 3 is 2.45 bits per heavy atom. The number of hydrogen-bond donors (Lipinski definition) is 0. The minimum Gasteiger partial charge on any atom is -0.294 e. The highest BCUT2D eigenvalue weighted by Gasteiger charge is 2.45. The maximum atomic E-state index is 13.5. The first-order valence-corrected chi connectivity index (χ1v) is 10.6. The molecule has 1 heterocycles.